The number of nitrogens with one attached hydrogen (secondary N) is 1. The van der Waals surface area contributed by atoms with Crippen molar-refractivity contribution in [2.45, 2.75) is 18.9 Å². The summed E-state index contributed by atoms with van der Waals surface area (Å²) < 4.78 is 23.4. The fourth-order valence-corrected chi connectivity index (χ4v) is 1.94. The minimum Gasteiger partial charge on any atom is -0.394 e. The van der Waals surface area contributed by atoms with E-state index in [1.165, 1.54) is 4.90 Å². The molecule has 0 spiro atoms. The Bertz CT molecular complexity index is 314. The molecule has 0 bridgehead atoms. The van der Waals surface area contributed by atoms with Crippen molar-refractivity contribution >= 4 is 16.1 Å². The van der Waals surface area contributed by atoms with Gasteiger partial charge in [-0.25, -0.2) is 17.9 Å². The summed E-state index contributed by atoms with van der Waals surface area (Å²) in [6, 6.07) is -0.902. The predicted octanol–water partition coefficient (Wildman–Crippen LogP) is -0.888. The highest BCUT2D eigenvalue weighted by molar-refractivity contribution is 7.89. The number of carbonyl (C=O) groups is 1. The third-order valence-corrected chi connectivity index (χ3v) is 2.67. The van der Waals surface area contributed by atoms with Crippen LogP contribution in [0.4, 0.5) is 4.79 Å². The largest absolute Gasteiger partial charge is 0.394 e. The van der Waals surface area contributed by atoms with Crippen LogP contribution in [0, 0.1) is 0 Å². The van der Waals surface area contributed by atoms with Crippen molar-refractivity contribution in [1.82, 2.24) is 9.62 Å². The number of nitrogens with zero attached hydrogens (tertiary/aromatic N) is 1. The van der Waals surface area contributed by atoms with E-state index in [9.17, 15) is 13.2 Å². The third-order valence-electron chi connectivity index (χ3n) is 2.12. The Morgan fingerprint density at radius 1 is 1.64 bits per heavy atom. The van der Waals surface area contributed by atoms with Crippen LogP contribution in [0.2, 0.25) is 0 Å². The van der Waals surface area contributed by atoms with Crippen LogP contribution in [0.15, 0.2) is 0 Å². The molecule has 1 unspecified atom stereocenters. The second-order valence-corrected chi connectivity index (χ2v) is 5.10. The number of hydrogen-bond donors (Lipinski definition) is 2. The van der Waals surface area contributed by atoms with Gasteiger partial charge < -0.3 is 10.0 Å². The zero-order chi connectivity index (χ0) is 10.8. The number of hydrogen-bond acceptors (Lipinski definition) is 4. The zero-order valence-electron chi connectivity index (χ0n) is 7.93. The molecule has 1 saturated heterocycles. The van der Waals surface area contributed by atoms with Gasteiger partial charge in [-0.15, -0.1) is 0 Å². The molecule has 82 valence electrons. The van der Waals surface area contributed by atoms with Gasteiger partial charge in [0.2, 0.25) is 10.0 Å². The summed E-state index contributed by atoms with van der Waals surface area (Å²) in [6.07, 6.45) is 2.44. The van der Waals surface area contributed by atoms with E-state index in [1.807, 2.05) is 4.72 Å². The molecule has 0 aromatic carbocycles. The molecule has 1 fully saturated rings. The SMILES string of the molecule is CS(=O)(=O)NC(=O)N1CCCC1CO. The first kappa shape index (κ1) is 11.3. The van der Waals surface area contributed by atoms with Crippen molar-refractivity contribution in [3.05, 3.63) is 0 Å². The number of urea groups is 1. The zero-order valence-corrected chi connectivity index (χ0v) is 8.75. The number of carbonyl (C=O) groups excluding carboxylic acids is 1. The number of amides is 2. The summed E-state index contributed by atoms with van der Waals surface area (Å²) in [5, 5.41) is 8.91. The lowest BCUT2D eigenvalue weighted by Crippen LogP contribution is -2.45. The van der Waals surface area contributed by atoms with Crippen molar-refractivity contribution in [3.63, 3.8) is 0 Å². The monoisotopic (exact) mass is 222 g/mol. The van der Waals surface area contributed by atoms with E-state index in [-0.39, 0.29) is 12.6 Å². The molecule has 2 N–H and O–H groups in total. The van der Waals surface area contributed by atoms with Crippen LogP contribution in [0.1, 0.15) is 12.8 Å². The molecule has 7 heteroatoms. The quantitative estimate of drug-likeness (QED) is 0.634. The first-order valence-corrected chi connectivity index (χ1v) is 6.22. The van der Waals surface area contributed by atoms with Crippen molar-refractivity contribution in [2.24, 2.45) is 0 Å². The highest BCUT2D eigenvalue weighted by Crippen LogP contribution is 2.16. The molecule has 2 amide bonds. The fraction of sp³-hybridized carbons (Fsp3) is 0.857. The van der Waals surface area contributed by atoms with E-state index >= 15 is 0 Å². The Balaban J connectivity index is 2.60. The summed E-state index contributed by atoms with van der Waals surface area (Å²) in [5.74, 6) is 0. The first-order valence-electron chi connectivity index (χ1n) is 4.33. The van der Waals surface area contributed by atoms with Gasteiger partial charge in [-0.2, -0.15) is 0 Å². The lowest BCUT2D eigenvalue weighted by molar-refractivity contribution is 0.161. The highest BCUT2D eigenvalue weighted by atomic mass is 32.2. The molecule has 1 aliphatic heterocycles. The summed E-state index contributed by atoms with van der Waals surface area (Å²) in [5.41, 5.74) is 0. The maximum atomic E-state index is 11.4. The Morgan fingerprint density at radius 2 is 2.29 bits per heavy atom. The van der Waals surface area contributed by atoms with Crippen LogP contribution in [0.3, 0.4) is 0 Å². The Morgan fingerprint density at radius 3 is 2.79 bits per heavy atom. The molecule has 0 aliphatic carbocycles. The summed E-state index contributed by atoms with van der Waals surface area (Å²) in [7, 11) is -3.52. The number of likely N-dealkylation sites (tertiary alicyclic amines) is 1. The molecule has 6 nitrogen and oxygen atoms in total. The predicted molar refractivity (Wildman–Crippen MR) is 50.2 cm³/mol. The fourth-order valence-electron chi connectivity index (χ4n) is 1.51. The summed E-state index contributed by atoms with van der Waals surface area (Å²) in [6.45, 7) is 0.365. The van der Waals surface area contributed by atoms with E-state index in [1.54, 1.807) is 0 Å². The molecular formula is C7H14N2O4S. The van der Waals surface area contributed by atoms with Gasteiger partial charge in [0.25, 0.3) is 0 Å². The van der Waals surface area contributed by atoms with Crippen LogP contribution >= 0.6 is 0 Å². The Hall–Kier alpha value is -0.820. The van der Waals surface area contributed by atoms with Crippen LogP contribution in [0.25, 0.3) is 0 Å². The standard InChI is InChI=1S/C7H14N2O4S/c1-14(12,13)8-7(11)9-4-2-3-6(9)5-10/h6,10H,2-5H2,1H3,(H,8,11). The molecule has 0 aromatic heterocycles. The average molecular weight is 222 g/mol. The topological polar surface area (TPSA) is 86.7 Å². The van der Waals surface area contributed by atoms with Gasteiger partial charge >= 0.3 is 6.03 Å². The van der Waals surface area contributed by atoms with Crippen molar-refractivity contribution in [1.29, 1.82) is 0 Å². The van der Waals surface area contributed by atoms with E-state index in [4.69, 9.17) is 5.11 Å². The van der Waals surface area contributed by atoms with Crippen molar-refractivity contribution < 1.29 is 18.3 Å². The second kappa shape index (κ2) is 4.14. The number of aliphatic hydroxyl groups is 1. The van der Waals surface area contributed by atoms with Crippen LogP contribution < -0.4 is 4.72 Å². The van der Waals surface area contributed by atoms with Gasteiger partial charge in [-0.05, 0) is 12.8 Å². The highest BCUT2D eigenvalue weighted by Gasteiger charge is 2.29. The minimum absolute atomic E-state index is 0.128. The number of sulfonamides is 1. The number of aliphatic hydroxyl groups excluding tert-OH is 1. The van der Waals surface area contributed by atoms with Gasteiger partial charge in [-0.1, -0.05) is 0 Å². The molecule has 0 aromatic rings. The van der Waals surface area contributed by atoms with Gasteiger partial charge in [0, 0.05) is 6.54 Å². The lowest BCUT2D eigenvalue weighted by atomic mass is 10.2. The molecule has 1 atom stereocenters. The molecule has 0 radical (unpaired) electrons. The van der Waals surface area contributed by atoms with Crippen LogP contribution in [0.5, 0.6) is 0 Å². The molecule has 0 saturated carbocycles. The van der Waals surface area contributed by atoms with E-state index in [2.05, 4.69) is 0 Å². The minimum atomic E-state index is -3.52. The second-order valence-electron chi connectivity index (χ2n) is 3.35. The average Bonchev–Trinajstić information content (AvgIpc) is 2.47. The van der Waals surface area contributed by atoms with Crippen molar-refractivity contribution in [3.8, 4) is 0 Å². The van der Waals surface area contributed by atoms with E-state index in [0.717, 1.165) is 12.7 Å². The Kier molecular flexibility index (Phi) is 3.33. The summed E-state index contributed by atoms with van der Waals surface area (Å²) >= 11 is 0. The summed E-state index contributed by atoms with van der Waals surface area (Å²) in [4.78, 5) is 12.7. The van der Waals surface area contributed by atoms with E-state index < -0.39 is 16.1 Å². The third kappa shape index (κ3) is 2.85. The van der Waals surface area contributed by atoms with Gasteiger partial charge in [0.05, 0.1) is 18.9 Å². The Labute approximate surface area is 82.9 Å². The van der Waals surface area contributed by atoms with Gasteiger partial charge in [-0.3, -0.25) is 0 Å². The number of rotatable bonds is 2. The first-order chi connectivity index (χ1) is 6.44. The van der Waals surface area contributed by atoms with E-state index in [0.29, 0.717) is 13.0 Å². The molecule has 1 heterocycles. The molecule has 14 heavy (non-hydrogen) atoms. The molecular weight excluding hydrogens is 208 g/mol. The maximum Gasteiger partial charge on any atom is 0.331 e. The maximum absolute atomic E-state index is 11.4. The van der Waals surface area contributed by atoms with Crippen LogP contribution in [-0.4, -0.2) is 49.9 Å². The normalized spacial score (nSPS) is 22.4. The van der Waals surface area contributed by atoms with Gasteiger partial charge in [0.1, 0.15) is 0 Å². The van der Waals surface area contributed by atoms with Gasteiger partial charge in [0.15, 0.2) is 0 Å². The molecule has 1 aliphatic rings. The molecule has 1 rings (SSSR count). The van der Waals surface area contributed by atoms with Crippen molar-refractivity contribution in [2.75, 3.05) is 19.4 Å². The smallest absolute Gasteiger partial charge is 0.331 e. The van der Waals surface area contributed by atoms with Crippen LogP contribution in [-0.2, 0) is 10.0 Å². The lowest BCUT2D eigenvalue weighted by Gasteiger charge is -2.22.